The van der Waals surface area contributed by atoms with Crippen LogP contribution < -0.4 is 23.7 Å². The minimum atomic E-state index is -0.471. The molecule has 1 heterocycles. The van der Waals surface area contributed by atoms with Crippen LogP contribution in [0.2, 0.25) is 0 Å². The monoisotopic (exact) mass is 480 g/mol. The number of allylic oxidation sites excluding steroid dienone is 4. The average molecular weight is 481 g/mol. The molecule has 2 aromatic rings. The maximum Gasteiger partial charge on any atom is 0.174 e. The first-order valence-electron chi connectivity index (χ1n) is 11.8. The van der Waals surface area contributed by atoms with Gasteiger partial charge in [-0.15, -0.1) is 0 Å². The second-order valence-corrected chi connectivity index (χ2v) is 8.88. The third-order valence-electron chi connectivity index (χ3n) is 6.19. The highest BCUT2D eigenvalue weighted by atomic mass is 16.5. The molecule has 0 bridgehead atoms. The van der Waals surface area contributed by atoms with Gasteiger partial charge in [-0.2, -0.15) is 0 Å². The molecular weight excluding hydrogens is 444 g/mol. The van der Waals surface area contributed by atoms with Crippen molar-refractivity contribution >= 4 is 5.78 Å². The summed E-state index contributed by atoms with van der Waals surface area (Å²) >= 11 is 0. The van der Waals surface area contributed by atoms with Crippen LogP contribution in [0.3, 0.4) is 0 Å². The number of methoxy groups -OCH3 is 4. The lowest BCUT2D eigenvalue weighted by Gasteiger charge is -2.29. The summed E-state index contributed by atoms with van der Waals surface area (Å²) in [7, 11) is 6.36. The van der Waals surface area contributed by atoms with E-state index in [2.05, 4.69) is 32.9 Å². The molecule has 6 heteroatoms. The van der Waals surface area contributed by atoms with Crippen molar-refractivity contribution in [2.45, 2.75) is 52.6 Å². The molecule has 188 valence electrons. The van der Waals surface area contributed by atoms with E-state index in [1.165, 1.54) is 18.3 Å². The molecule has 0 saturated heterocycles. The van der Waals surface area contributed by atoms with E-state index in [-0.39, 0.29) is 12.2 Å². The van der Waals surface area contributed by atoms with Gasteiger partial charge in [-0.3, -0.25) is 4.79 Å². The number of hydrogen-bond acceptors (Lipinski definition) is 6. The molecule has 0 saturated carbocycles. The number of carbonyl (C=O) groups excluding carboxylic acids is 1. The highest BCUT2D eigenvalue weighted by molar-refractivity contribution is 6.03. The first-order valence-corrected chi connectivity index (χ1v) is 11.8. The van der Waals surface area contributed by atoms with Crippen LogP contribution in [0.5, 0.6) is 28.7 Å². The van der Waals surface area contributed by atoms with E-state index in [9.17, 15) is 4.79 Å². The lowest BCUT2D eigenvalue weighted by molar-refractivity contribution is 0.0843. The van der Waals surface area contributed by atoms with Crippen molar-refractivity contribution in [3.8, 4) is 28.7 Å². The highest BCUT2D eigenvalue weighted by Crippen LogP contribution is 2.45. The molecule has 0 spiro atoms. The Morgan fingerprint density at radius 1 is 0.971 bits per heavy atom. The van der Waals surface area contributed by atoms with Gasteiger partial charge in [0.1, 0.15) is 28.9 Å². The largest absolute Gasteiger partial charge is 0.496 e. The van der Waals surface area contributed by atoms with Crippen molar-refractivity contribution in [2.75, 3.05) is 28.4 Å². The predicted molar refractivity (Wildman–Crippen MR) is 138 cm³/mol. The van der Waals surface area contributed by atoms with Gasteiger partial charge in [-0.05, 0) is 46.1 Å². The molecule has 6 nitrogen and oxygen atoms in total. The Balaban J connectivity index is 2.00. The van der Waals surface area contributed by atoms with Gasteiger partial charge >= 0.3 is 0 Å². The van der Waals surface area contributed by atoms with E-state index in [0.29, 0.717) is 40.7 Å². The zero-order chi connectivity index (χ0) is 25.5. The molecule has 35 heavy (non-hydrogen) atoms. The van der Waals surface area contributed by atoms with Gasteiger partial charge in [0.05, 0.1) is 34.9 Å². The van der Waals surface area contributed by atoms with Crippen molar-refractivity contribution in [2.24, 2.45) is 0 Å². The molecule has 0 N–H and O–H groups in total. The van der Waals surface area contributed by atoms with Crippen LogP contribution in [0, 0.1) is 0 Å². The average Bonchev–Trinajstić information content (AvgIpc) is 2.85. The summed E-state index contributed by atoms with van der Waals surface area (Å²) in [6.45, 7) is 6.36. The molecule has 0 radical (unpaired) electrons. The quantitative estimate of drug-likeness (QED) is 0.354. The third kappa shape index (κ3) is 5.99. The number of benzene rings is 2. The van der Waals surface area contributed by atoms with E-state index >= 15 is 0 Å². The lowest BCUT2D eigenvalue weighted by atomic mass is 9.90. The minimum Gasteiger partial charge on any atom is -0.496 e. The van der Waals surface area contributed by atoms with Gasteiger partial charge in [0.25, 0.3) is 0 Å². The normalized spacial score (nSPS) is 15.1. The summed E-state index contributed by atoms with van der Waals surface area (Å²) < 4.78 is 28.5. The highest BCUT2D eigenvalue weighted by Gasteiger charge is 2.33. The molecule has 2 aromatic carbocycles. The number of ether oxygens (including phenoxy) is 5. The van der Waals surface area contributed by atoms with E-state index in [4.69, 9.17) is 23.7 Å². The molecular formula is C29H36O6. The second-order valence-electron chi connectivity index (χ2n) is 8.88. The fraction of sp³-hybridized carbons (Fsp3) is 0.414. The topological polar surface area (TPSA) is 63.2 Å². The third-order valence-corrected chi connectivity index (χ3v) is 6.19. The maximum atomic E-state index is 13.2. The Hall–Kier alpha value is -3.41. The fourth-order valence-corrected chi connectivity index (χ4v) is 4.34. The zero-order valence-electron chi connectivity index (χ0n) is 21.8. The van der Waals surface area contributed by atoms with Crippen molar-refractivity contribution in [3.05, 3.63) is 64.3 Å². The Bertz CT molecular complexity index is 1120. The van der Waals surface area contributed by atoms with Crippen LogP contribution >= 0.6 is 0 Å². The van der Waals surface area contributed by atoms with Crippen LogP contribution in [0.1, 0.15) is 67.6 Å². The van der Waals surface area contributed by atoms with Gasteiger partial charge in [-0.25, -0.2) is 0 Å². The number of ketones is 1. The van der Waals surface area contributed by atoms with Gasteiger partial charge in [-0.1, -0.05) is 29.4 Å². The number of Topliss-reactive ketones (excluding diaryl/α,β-unsaturated/α-hetero) is 1. The molecule has 0 aliphatic carbocycles. The standard InChI is InChI=1S/C29H36O6/c1-18(2)9-8-10-19(3)11-12-22-21(13-14-24(32-5)29(22)34-7)25-17-23(30)28-26(33-6)15-20(31-4)16-27(28)35-25/h9,11,13-16,25H,8,10,12,17H2,1-7H3/b19-11+. The van der Waals surface area contributed by atoms with Gasteiger partial charge in [0, 0.05) is 23.3 Å². The van der Waals surface area contributed by atoms with Crippen molar-refractivity contribution in [1.29, 1.82) is 0 Å². The molecule has 1 atom stereocenters. The molecule has 1 unspecified atom stereocenters. The van der Waals surface area contributed by atoms with E-state index in [0.717, 1.165) is 24.0 Å². The lowest BCUT2D eigenvalue weighted by Crippen LogP contribution is -2.22. The summed E-state index contributed by atoms with van der Waals surface area (Å²) in [4.78, 5) is 13.2. The van der Waals surface area contributed by atoms with Crippen LogP contribution in [-0.2, 0) is 6.42 Å². The first kappa shape index (κ1) is 26.2. The maximum absolute atomic E-state index is 13.2. The summed E-state index contributed by atoms with van der Waals surface area (Å²) in [5, 5.41) is 0. The minimum absolute atomic E-state index is 0.0371. The van der Waals surface area contributed by atoms with Gasteiger partial charge < -0.3 is 23.7 Å². The fourth-order valence-electron chi connectivity index (χ4n) is 4.34. The smallest absolute Gasteiger partial charge is 0.174 e. The van der Waals surface area contributed by atoms with Crippen molar-refractivity contribution in [1.82, 2.24) is 0 Å². The van der Waals surface area contributed by atoms with Gasteiger partial charge in [0.15, 0.2) is 17.3 Å². The number of fused-ring (bicyclic) bond motifs is 1. The van der Waals surface area contributed by atoms with Crippen LogP contribution in [-0.4, -0.2) is 34.2 Å². The number of rotatable bonds is 10. The van der Waals surface area contributed by atoms with Crippen LogP contribution in [0.4, 0.5) is 0 Å². The summed E-state index contributed by atoms with van der Waals surface area (Å²) in [5.74, 6) is 2.74. The van der Waals surface area contributed by atoms with E-state index in [1.54, 1.807) is 33.5 Å². The molecule has 1 aliphatic rings. The van der Waals surface area contributed by atoms with E-state index < -0.39 is 6.10 Å². The number of hydrogen-bond donors (Lipinski definition) is 0. The molecule has 0 fully saturated rings. The summed E-state index contributed by atoms with van der Waals surface area (Å²) in [5.41, 5.74) is 4.91. The van der Waals surface area contributed by atoms with Crippen LogP contribution in [0.25, 0.3) is 0 Å². The summed E-state index contributed by atoms with van der Waals surface area (Å²) in [6, 6.07) is 7.25. The Kier molecular flexibility index (Phi) is 8.85. The molecule has 0 aromatic heterocycles. The first-order chi connectivity index (χ1) is 16.8. The predicted octanol–water partition coefficient (Wildman–Crippen LogP) is 6.66. The Morgan fingerprint density at radius 3 is 2.34 bits per heavy atom. The van der Waals surface area contributed by atoms with Crippen molar-refractivity contribution < 1.29 is 28.5 Å². The molecule has 1 aliphatic heterocycles. The SMILES string of the molecule is COc1cc(OC)c2c(c1)OC(c1ccc(OC)c(OC)c1C/C=C(\C)CCC=C(C)C)CC2=O. The Labute approximate surface area is 208 Å². The van der Waals surface area contributed by atoms with E-state index in [1.807, 2.05) is 12.1 Å². The van der Waals surface area contributed by atoms with Crippen molar-refractivity contribution in [3.63, 3.8) is 0 Å². The Morgan fingerprint density at radius 2 is 1.71 bits per heavy atom. The van der Waals surface area contributed by atoms with Crippen LogP contribution in [0.15, 0.2) is 47.6 Å². The summed E-state index contributed by atoms with van der Waals surface area (Å²) in [6.07, 6.45) is 6.81. The molecule has 3 rings (SSSR count). The van der Waals surface area contributed by atoms with Gasteiger partial charge in [0.2, 0.25) is 0 Å². The molecule has 0 amide bonds. The number of carbonyl (C=O) groups is 1. The second kappa shape index (κ2) is 11.8. The zero-order valence-corrected chi connectivity index (χ0v) is 21.8.